The van der Waals surface area contributed by atoms with Gasteiger partial charge in [-0.15, -0.1) is 0 Å². The molecule has 0 atom stereocenters. The van der Waals surface area contributed by atoms with E-state index in [1.54, 1.807) is 0 Å². The Morgan fingerprint density at radius 3 is 2.63 bits per heavy atom. The first-order valence-corrected chi connectivity index (χ1v) is 10.1. The third-order valence-corrected chi connectivity index (χ3v) is 6.19. The van der Waals surface area contributed by atoms with Gasteiger partial charge in [-0.1, -0.05) is 36.6 Å². The Balaban J connectivity index is 1.30. The molecular weight excluding hydrogens is 342 g/mol. The van der Waals surface area contributed by atoms with Crippen LogP contribution in [0.1, 0.15) is 48.2 Å². The molecule has 2 fully saturated rings. The van der Waals surface area contributed by atoms with Gasteiger partial charge in [0.05, 0.1) is 11.1 Å². The summed E-state index contributed by atoms with van der Waals surface area (Å²) in [5.41, 5.74) is 2.05. The largest absolute Gasteiger partial charge is 0.488 e. The number of piperazine rings is 1. The molecule has 6 heteroatoms. The van der Waals surface area contributed by atoms with Gasteiger partial charge in [-0.25, -0.2) is 0 Å². The van der Waals surface area contributed by atoms with E-state index in [0.29, 0.717) is 24.1 Å². The third kappa shape index (κ3) is 3.02. The molecule has 1 aromatic carbocycles. The van der Waals surface area contributed by atoms with Crippen molar-refractivity contribution in [2.24, 2.45) is 0 Å². The van der Waals surface area contributed by atoms with Crippen molar-refractivity contribution in [3.05, 3.63) is 35.5 Å². The summed E-state index contributed by atoms with van der Waals surface area (Å²) in [6.07, 6.45) is 6.67. The number of carbonyl (C=O) groups is 1. The summed E-state index contributed by atoms with van der Waals surface area (Å²) in [4.78, 5) is 17.5. The molecule has 1 saturated carbocycles. The summed E-state index contributed by atoms with van der Waals surface area (Å²) in [6, 6.07) is 8.42. The highest BCUT2D eigenvalue weighted by atomic mass is 16.5. The molecule has 3 heterocycles. The van der Waals surface area contributed by atoms with E-state index in [-0.39, 0.29) is 5.91 Å². The van der Waals surface area contributed by atoms with E-state index in [9.17, 15) is 4.79 Å². The molecule has 0 bridgehead atoms. The second-order valence-corrected chi connectivity index (χ2v) is 7.74. The standard InChI is InChI=1S/C21H25N3O3/c25-21(24-12-10-23(11-13-24)15-6-2-1-3-7-15)19-17-14-26-18-9-5-4-8-16(18)20(17)27-22-19/h4-5,8-9,15H,1-3,6-7,10-14H2. The lowest BCUT2D eigenvalue weighted by Gasteiger charge is -2.40. The van der Waals surface area contributed by atoms with Gasteiger partial charge in [0, 0.05) is 32.2 Å². The summed E-state index contributed by atoms with van der Waals surface area (Å²) in [5, 5.41) is 4.12. The fourth-order valence-corrected chi connectivity index (χ4v) is 4.64. The quantitative estimate of drug-likeness (QED) is 0.815. The van der Waals surface area contributed by atoms with E-state index in [1.807, 2.05) is 29.2 Å². The van der Waals surface area contributed by atoms with Crippen molar-refractivity contribution in [1.82, 2.24) is 15.0 Å². The maximum Gasteiger partial charge on any atom is 0.276 e. The van der Waals surface area contributed by atoms with E-state index in [4.69, 9.17) is 9.26 Å². The first-order valence-electron chi connectivity index (χ1n) is 10.1. The SMILES string of the molecule is O=C(c1noc2c1COc1ccccc1-2)N1CCN(C2CCCCC2)CC1. The fourth-order valence-electron chi connectivity index (χ4n) is 4.64. The van der Waals surface area contributed by atoms with Crippen molar-refractivity contribution in [1.29, 1.82) is 0 Å². The van der Waals surface area contributed by atoms with Crippen LogP contribution >= 0.6 is 0 Å². The van der Waals surface area contributed by atoms with Crippen LogP contribution in [0.5, 0.6) is 5.75 Å². The van der Waals surface area contributed by atoms with Crippen LogP contribution in [0.3, 0.4) is 0 Å². The molecule has 2 aromatic rings. The summed E-state index contributed by atoms with van der Waals surface area (Å²) in [6.45, 7) is 3.76. The molecule has 142 valence electrons. The third-order valence-electron chi connectivity index (χ3n) is 6.19. The van der Waals surface area contributed by atoms with Crippen LogP contribution in [0.2, 0.25) is 0 Å². The van der Waals surface area contributed by atoms with Gasteiger partial charge in [0.2, 0.25) is 0 Å². The highest BCUT2D eigenvalue weighted by molar-refractivity contribution is 5.95. The van der Waals surface area contributed by atoms with Crippen LogP contribution in [-0.2, 0) is 6.61 Å². The average Bonchev–Trinajstić information content (AvgIpc) is 3.19. The van der Waals surface area contributed by atoms with Crippen LogP contribution in [0.15, 0.2) is 28.8 Å². The van der Waals surface area contributed by atoms with Crippen LogP contribution in [-0.4, -0.2) is 53.1 Å². The lowest BCUT2D eigenvalue weighted by atomic mass is 9.94. The molecule has 5 rings (SSSR count). The Bertz CT molecular complexity index is 833. The number of nitrogens with zero attached hydrogens (tertiary/aromatic N) is 3. The molecule has 1 aliphatic carbocycles. The van der Waals surface area contributed by atoms with E-state index < -0.39 is 0 Å². The predicted octanol–water partition coefficient (Wildman–Crippen LogP) is 3.32. The minimum absolute atomic E-state index is 0.0359. The molecule has 1 aromatic heterocycles. The number of rotatable bonds is 2. The molecule has 0 spiro atoms. The Kier molecular flexibility index (Phi) is 4.36. The van der Waals surface area contributed by atoms with E-state index in [1.165, 1.54) is 32.1 Å². The van der Waals surface area contributed by atoms with E-state index in [2.05, 4.69) is 10.1 Å². The highest BCUT2D eigenvalue weighted by Crippen LogP contribution is 2.38. The van der Waals surface area contributed by atoms with Crippen LogP contribution in [0.25, 0.3) is 11.3 Å². The predicted molar refractivity (Wildman–Crippen MR) is 101 cm³/mol. The number of para-hydroxylation sites is 1. The van der Waals surface area contributed by atoms with Crippen molar-refractivity contribution >= 4 is 5.91 Å². The van der Waals surface area contributed by atoms with E-state index in [0.717, 1.165) is 43.1 Å². The van der Waals surface area contributed by atoms with Gasteiger partial charge in [-0.05, 0) is 25.0 Å². The Morgan fingerprint density at radius 2 is 1.81 bits per heavy atom. The van der Waals surface area contributed by atoms with E-state index >= 15 is 0 Å². The highest BCUT2D eigenvalue weighted by Gasteiger charge is 2.33. The van der Waals surface area contributed by atoms with Gasteiger partial charge in [0.25, 0.3) is 5.91 Å². The number of fused-ring (bicyclic) bond motifs is 3. The zero-order chi connectivity index (χ0) is 18.2. The summed E-state index contributed by atoms with van der Waals surface area (Å²) in [7, 11) is 0. The number of ether oxygens (including phenoxy) is 1. The Labute approximate surface area is 159 Å². The lowest BCUT2D eigenvalue weighted by Crippen LogP contribution is -2.52. The number of hydrogen-bond donors (Lipinski definition) is 0. The molecule has 1 amide bonds. The molecular formula is C21H25N3O3. The van der Waals surface area contributed by atoms with Crippen molar-refractivity contribution in [2.75, 3.05) is 26.2 Å². The van der Waals surface area contributed by atoms with Gasteiger partial charge in [0.1, 0.15) is 12.4 Å². The monoisotopic (exact) mass is 367 g/mol. The fraction of sp³-hybridized carbons (Fsp3) is 0.524. The first-order chi connectivity index (χ1) is 13.3. The molecule has 0 radical (unpaired) electrons. The van der Waals surface area contributed by atoms with Crippen LogP contribution < -0.4 is 4.74 Å². The average molecular weight is 367 g/mol. The summed E-state index contributed by atoms with van der Waals surface area (Å²) >= 11 is 0. The first kappa shape index (κ1) is 16.8. The molecule has 27 heavy (non-hydrogen) atoms. The molecule has 0 unspecified atom stereocenters. The van der Waals surface area contributed by atoms with Crippen LogP contribution in [0.4, 0.5) is 0 Å². The minimum Gasteiger partial charge on any atom is -0.488 e. The Morgan fingerprint density at radius 1 is 1.04 bits per heavy atom. The number of benzene rings is 1. The maximum absolute atomic E-state index is 13.1. The molecule has 0 N–H and O–H groups in total. The minimum atomic E-state index is -0.0359. The lowest BCUT2D eigenvalue weighted by molar-refractivity contribution is 0.0513. The number of carbonyl (C=O) groups excluding carboxylic acids is 1. The van der Waals surface area contributed by atoms with Crippen molar-refractivity contribution in [3.63, 3.8) is 0 Å². The van der Waals surface area contributed by atoms with Gasteiger partial charge in [0.15, 0.2) is 11.5 Å². The van der Waals surface area contributed by atoms with Gasteiger partial charge < -0.3 is 14.2 Å². The van der Waals surface area contributed by atoms with Gasteiger partial charge >= 0.3 is 0 Å². The smallest absolute Gasteiger partial charge is 0.276 e. The number of amides is 1. The molecule has 3 aliphatic rings. The van der Waals surface area contributed by atoms with Crippen molar-refractivity contribution in [2.45, 2.75) is 44.8 Å². The van der Waals surface area contributed by atoms with Crippen molar-refractivity contribution < 1.29 is 14.1 Å². The van der Waals surface area contributed by atoms with Gasteiger partial charge in [-0.2, -0.15) is 0 Å². The second kappa shape index (κ2) is 7.00. The number of aromatic nitrogens is 1. The zero-order valence-electron chi connectivity index (χ0n) is 15.5. The summed E-state index contributed by atoms with van der Waals surface area (Å²) in [5.74, 6) is 1.41. The normalized spacial score (nSPS) is 20.7. The Hall–Kier alpha value is -2.34. The van der Waals surface area contributed by atoms with Crippen molar-refractivity contribution in [3.8, 4) is 17.1 Å². The van der Waals surface area contributed by atoms with Gasteiger partial charge in [-0.3, -0.25) is 9.69 Å². The number of hydrogen-bond acceptors (Lipinski definition) is 5. The second-order valence-electron chi connectivity index (χ2n) is 7.74. The molecule has 1 saturated heterocycles. The maximum atomic E-state index is 13.1. The summed E-state index contributed by atoms with van der Waals surface area (Å²) < 4.78 is 11.4. The molecule has 2 aliphatic heterocycles. The molecule has 6 nitrogen and oxygen atoms in total. The topological polar surface area (TPSA) is 58.8 Å². The van der Waals surface area contributed by atoms with Crippen LogP contribution in [0, 0.1) is 0 Å². The zero-order valence-corrected chi connectivity index (χ0v) is 15.5.